The molecule has 2 aliphatic carbocycles. The van der Waals surface area contributed by atoms with Crippen molar-refractivity contribution in [3.8, 4) is 22.3 Å². The topological polar surface area (TPSA) is 16.4 Å². The Morgan fingerprint density at radius 1 is 0.509 bits per heavy atom. The van der Waals surface area contributed by atoms with Crippen LogP contribution < -0.4 is 4.90 Å². The van der Waals surface area contributed by atoms with Crippen LogP contribution in [-0.4, -0.2) is 0 Å². The van der Waals surface area contributed by atoms with Gasteiger partial charge in [-0.1, -0.05) is 142 Å². The summed E-state index contributed by atoms with van der Waals surface area (Å²) in [6.07, 6.45) is 0. The van der Waals surface area contributed by atoms with E-state index in [9.17, 15) is 0 Å². The minimum Gasteiger partial charge on any atom is -0.454 e. The third kappa shape index (κ3) is 4.91. The van der Waals surface area contributed by atoms with E-state index in [2.05, 4.69) is 190 Å². The minimum atomic E-state index is -0.152. The highest BCUT2D eigenvalue weighted by molar-refractivity contribution is 6.12. The van der Waals surface area contributed by atoms with E-state index in [1.54, 1.807) is 0 Å². The van der Waals surface area contributed by atoms with E-state index < -0.39 is 0 Å². The van der Waals surface area contributed by atoms with Gasteiger partial charge in [0.05, 0.1) is 5.69 Å². The van der Waals surface area contributed by atoms with Gasteiger partial charge in [-0.15, -0.1) is 0 Å². The third-order valence-corrected chi connectivity index (χ3v) is 12.5. The predicted octanol–water partition coefficient (Wildman–Crippen LogP) is 14.6. The lowest BCUT2D eigenvalue weighted by Gasteiger charge is -2.30. The lowest BCUT2D eigenvalue weighted by atomic mass is 9.79. The van der Waals surface area contributed by atoms with Gasteiger partial charge in [0, 0.05) is 33.0 Å². The Kier molecular flexibility index (Phi) is 6.99. The Morgan fingerprint density at radius 3 is 1.68 bits per heavy atom. The van der Waals surface area contributed by atoms with Crippen molar-refractivity contribution in [2.24, 2.45) is 0 Å². The summed E-state index contributed by atoms with van der Waals surface area (Å²) < 4.78 is 7.00. The monoisotopic (exact) mass is 693 g/mol. The van der Waals surface area contributed by atoms with Crippen molar-refractivity contribution in [3.63, 3.8) is 0 Å². The molecule has 2 heteroatoms. The Labute approximate surface area is 315 Å². The van der Waals surface area contributed by atoms with Crippen molar-refractivity contribution in [1.29, 1.82) is 0 Å². The average molecular weight is 694 g/mol. The first kappa shape index (κ1) is 33.7. The Morgan fingerprint density at radius 2 is 1.06 bits per heavy atom. The zero-order chi connectivity index (χ0) is 37.4. The first-order chi connectivity index (χ1) is 25.0. The Bertz CT molecular complexity index is 2650. The highest BCUT2D eigenvalue weighted by atomic mass is 16.3. The van der Waals surface area contributed by atoms with E-state index in [4.69, 9.17) is 4.42 Å². The molecule has 6 aromatic carbocycles. The molecule has 0 saturated carbocycles. The van der Waals surface area contributed by atoms with Crippen molar-refractivity contribution in [2.75, 3.05) is 4.90 Å². The molecule has 0 amide bonds. The van der Waals surface area contributed by atoms with Crippen LogP contribution in [0.4, 0.5) is 17.1 Å². The van der Waals surface area contributed by atoms with Crippen LogP contribution >= 0.6 is 0 Å². The summed E-state index contributed by atoms with van der Waals surface area (Å²) in [5, 5.41) is 2.35. The van der Waals surface area contributed by atoms with Crippen LogP contribution in [0.15, 0.2) is 114 Å². The van der Waals surface area contributed by atoms with Crippen molar-refractivity contribution < 1.29 is 4.42 Å². The van der Waals surface area contributed by atoms with Gasteiger partial charge in [0.15, 0.2) is 5.58 Å². The van der Waals surface area contributed by atoms with E-state index in [0.29, 0.717) is 0 Å². The van der Waals surface area contributed by atoms with Crippen LogP contribution in [0.3, 0.4) is 0 Å². The van der Waals surface area contributed by atoms with Crippen LogP contribution in [0, 0.1) is 6.92 Å². The molecule has 0 unspecified atom stereocenters. The maximum atomic E-state index is 7.00. The van der Waals surface area contributed by atoms with Gasteiger partial charge in [-0.2, -0.15) is 0 Å². The fourth-order valence-electron chi connectivity index (χ4n) is 9.32. The van der Waals surface area contributed by atoms with E-state index >= 15 is 0 Å². The number of hydrogen-bond donors (Lipinski definition) is 0. The first-order valence-electron chi connectivity index (χ1n) is 19.3. The minimum absolute atomic E-state index is 0.0179. The van der Waals surface area contributed by atoms with Crippen molar-refractivity contribution in [2.45, 2.75) is 97.8 Å². The standard InChI is InChI=1S/C51H51NO/c1-30-25-32(49(5,6)7)27-45-46(30)39-16-14-18-44(47(39)53-45)52(33-20-23-37-35-15-12-13-17-40(35)50(8,9)42(37)28-33)34-21-24-38-36-22-19-31(48(2,3)4)26-41(36)51(10,11)43(38)29-34/h12-29H,1-11H3. The number of aryl methyl sites for hydroxylation is 1. The van der Waals surface area contributed by atoms with Gasteiger partial charge < -0.3 is 9.32 Å². The molecule has 0 N–H and O–H groups in total. The second-order valence-electron chi connectivity index (χ2n) is 18.8. The normalized spacial score (nSPS) is 15.4. The van der Waals surface area contributed by atoms with Gasteiger partial charge in [-0.3, -0.25) is 0 Å². The molecule has 1 heterocycles. The molecule has 7 aromatic rings. The molecule has 0 spiro atoms. The van der Waals surface area contributed by atoms with Crippen LogP contribution in [0.1, 0.15) is 108 Å². The summed E-state index contributed by atoms with van der Waals surface area (Å²) in [6, 6.07) is 41.5. The molecule has 266 valence electrons. The lowest BCUT2D eigenvalue weighted by Crippen LogP contribution is -2.19. The van der Waals surface area contributed by atoms with Crippen molar-refractivity contribution in [3.05, 3.63) is 148 Å². The first-order valence-corrected chi connectivity index (χ1v) is 19.3. The molecular formula is C51H51NO. The Balaban J connectivity index is 1.29. The number of para-hydroxylation sites is 1. The van der Waals surface area contributed by atoms with Crippen LogP contribution in [-0.2, 0) is 21.7 Å². The van der Waals surface area contributed by atoms with E-state index in [0.717, 1.165) is 33.6 Å². The lowest BCUT2D eigenvalue weighted by molar-refractivity contribution is 0.584. The number of rotatable bonds is 3. The van der Waals surface area contributed by atoms with Crippen LogP contribution in [0.2, 0.25) is 0 Å². The van der Waals surface area contributed by atoms with E-state index in [1.807, 2.05) is 0 Å². The molecule has 0 radical (unpaired) electrons. The number of hydrogen-bond acceptors (Lipinski definition) is 2. The molecule has 2 nitrogen and oxygen atoms in total. The summed E-state index contributed by atoms with van der Waals surface area (Å²) >= 11 is 0. The Hall–Kier alpha value is -5.08. The maximum Gasteiger partial charge on any atom is 0.159 e. The molecule has 0 aliphatic heterocycles. The molecule has 9 rings (SSSR count). The van der Waals surface area contributed by atoms with Crippen molar-refractivity contribution >= 4 is 39.0 Å². The molecular weight excluding hydrogens is 643 g/mol. The van der Waals surface area contributed by atoms with Crippen molar-refractivity contribution in [1.82, 2.24) is 0 Å². The number of fused-ring (bicyclic) bond motifs is 9. The van der Waals surface area contributed by atoms with Gasteiger partial charge in [0.25, 0.3) is 0 Å². The average Bonchev–Trinajstić information content (AvgIpc) is 3.68. The third-order valence-electron chi connectivity index (χ3n) is 12.5. The summed E-state index contributed by atoms with van der Waals surface area (Å²) in [6.45, 7) is 25.5. The summed E-state index contributed by atoms with van der Waals surface area (Å²) in [5.74, 6) is 0. The smallest absolute Gasteiger partial charge is 0.159 e. The number of furan rings is 1. The van der Waals surface area contributed by atoms with Gasteiger partial charge >= 0.3 is 0 Å². The largest absolute Gasteiger partial charge is 0.454 e. The van der Waals surface area contributed by atoms with Gasteiger partial charge in [-0.25, -0.2) is 0 Å². The van der Waals surface area contributed by atoms with E-state index in [-0.39, 0.29) is 21.7 Å². The van der Waals surface area contributed by atoms with Gasteiger partial charge in [0.1, 0.15) is 5.58 Å². The van der Waals surface area contributed by atoms with Gasteiger partial charge in [0.2, 0.25) is 0 Å². The molecule has 2 aliphatic rings. The summed E-state index contributed by atoms with van der Waals surface area (Å²) in [5.41, 5.74) is 19.8. The molecule has 0 bridgehead atoms. The molecule has 1 aromatic heterocycles. The molecule has 53 heavy (non-hydrogen) atoms. The van der Waals surface area contributed by atoms with E-state index in [1.165, 1.54) is 66.6 Å². The fraction of sp³-hybridized carbons (Fsp3) is 0.294. The number of anilines is 3. The zero-order valence-electron chi connectivity index (χ0n) is 33.2. The summed E-state index contributed by atoms with van der Waals surface area (Å²) in [4.78, 5) is 2.45. The van der Waals surface area contributed by atoms with Crippen LogP contribution in [0.5, 0.6) is 0 Å². The zero-order valence-corrected chi connectivity index (χ0v) is 33.2. The maximum absolute atomic E-state index is 7.00. The predicted molar refractivity (Wildman–Crippen MR) is 226 cm³/mol. The van der Waals surface area contributed by atoms with Crippen LogP contribution in [0.25, 0.3) is 44.2 Å². The highest BCUT2D eigenvalue weighted by Crippen LogP contribution is 2.54. The SMILES string of the molecule is Cc1cc(C(C)(C)C)cc2oc3c(N(c4ccc5c(c4)C(C)(C)c4ccccc4-5)c4ccc5c(c4)C(C)(C)c4cc(C(C)(C)C)ccc4-5)cccc3c12. The summed E-state index contributed by atoms with van der Waals surface area (Å²) in [7, 11) is 0. The number of benzene rings is 6. The molecule has 0 atom stereocenters. The second kappa shape index (κ2) is 11.0. The second-order valence-corrected chi connectivity index (χ2v) is 18.8. The number of nitrogens with zero attached hydrogens (tertiary/aromatic N) is 1. The highest BCUT2D eigenvalue weighted by Gasteiger charge is 2.39. The quantitative estimate of drug-likeness (QED) is 0.183. The fourth-order valence-corrected chi connectivity index (χ4v) is 9.32. The molecule has 0 saturated heterocycles. The molecule has 0 fully saturated rings. The van der Waals surface area contributed by atoms with Gasteiger partial charge in [-0.05, 0) is 115 Å².